The van der Waals surface area contributed by atoms with Crippen molar-refractivity contribution < 1.29 is 35.2 Å². The van der Waals surface area contributed by atoms with Crippen molar-refractivity contribution in [3.8, 4) is 0 Å². The first-order valence-corrected chi connectivity index (χ1v) is 18.5. The Morgan fingerprint density at radius 3 is 2.13 bits per heavy atom. The van der Waals surface area contributed by atoms with Gasteiger partial charge in [-0.1, -0.05) is 11.6 Å². The monoisotopic (exact) mass is 692 g/mol. The fourth-order valence-electron chi connectivity index (χ4n) is 6.29. The van der Waals surface area contributed by atoms with Crippen molar-refractivity contribution in [3.05, 3.63) is 53.1 Å². The summed E-state index contributed by atoms with van der Waals surface area (Å²) in [4.78, 5) is 28.6. The van der Waals surface area contributed by atoms with Crippen LogP contribution < -0.4 is 10.0 Å². The lowest BCUT2D eigenvalue weighted by atomic mass is 9.56. The van der Waals surface area contributed by atoms with Crippen molar-refractivity contribution in [2.45, 2.75) is 53.2 Å². The summed E-state index contributed by atoms with van der Waals surface area (Å²) in [6.07, 6.45) is 1.76. The van der Waals surface area contributed by atoms with Crippen molar-refractivity contribution in [3.63, 3.8) is 0 Å². The molecule has 2 saturated carbocycles. The van der Waals surface area contributed by atoms with Gasteiger partial charge in [0, 0.05) is 56.2 Å². The van der Waals surface area contributed by atoms with Crippen LogP contribution in [-0.4, -0.2) is 99.0 Å². The van der Waals surface area contributed by atoms with Gasteiger partial charge in [0.05, 0.1) is 37.7 Å². The quantitative estimate of drug-likeness (QED) is 0.386. The van der Waals surface area contributed by atoms with E-state index in [2.05, 4.69) is 10.0 Å². The van der Waals surface area contributed by atoms with Crippen LogP contribution in [0.2, 0.25) is 5.02 Å². The first kappa shape index (κ1) is 34.6. The third kappa shape index (κ3) is 7.39. The molecule has 1 heterocycles. The third-order valence-electron chi connectivity index (χ3n) is 9.27. The van der Waals surface area contributed by atoms with E-state index in [4.69, 9.17) is 27.3 Å². The second kappa shape index (κ2) is 12.4. The molecule has 1 atom stereocenters. The average Bonchev–Trinajstić information content (AvgIpc) is 3.72. The maximum atomic E-state index is 13.6. The topological polar surface area (TPSA) is 133 Å². The Bertz CT molecular complexity index is 1730. The van der Waals surface area contributed by atoms with Gasteiger partial charge in [-0.15, -0.1) is 0 Å². The summed E-state index contributed by atoms with van der Waals surface area (Å²) in [5, 5.41) is 1.20. The van der Waals surface area contributed by atoms with E-state index in [0.29, 0.717) is 19.3 Å². The van der Waals surface area contributed by atoms with Crippen LogP contribution in [0, 0.1) is 11.3 Å². The second-order valence-corrected chi connectivity index (χ2v) is 16.6. The van der Waals surface area contributed by atoms with Gasteiger partial charge < -0.3 is 15.1 Å². The molecule has 1 unspecified atom stereocenters. The van der Waals surface area contributed by atoms with E-state index in [1.54, 1.807) is 9.80 Å². The van der Waals surface area contributed by atoms with E-state index in [0.717, 1.165) is 6.26 Å². The molecule has 1 saturated heterocycles. The molecular weight excluding hydrogens is 660 g/mol. The standard InChI is InChI=1S/C29H33B2ClF2N4O6S2/c1-45(41,42)20-3-5-21(6-4-20)46(43,44)36-24-7-2-19(32)16-22(24)29(30,31)38-14-12-37(13-15-38)25(39)18-35-26(40)23-17-27(23)8-10-28(33,34)11-9-27/h2-7,16,23,36H,8-15,17-18H2,1H3,(H,35,40). The number of sulfonamides is 1. The van der Waals surface area contributed by atoms with Crippen LogP contribution in [0.25, 0.3) is 0 Å². The molecule has 2 N–H and O–H groups in total. The summed E-state index contributed by atoms with van der Waals surface area (Å²) in [7, 11) is 5.46. The molecule has 46 heavy (non-hydrogen) atoms. The minimum Gasteiger partial charge on any atom is -0.347 e. The Morgan fingerprint density at radius 1 is 0.957 bits per heavy atom. The van der Waals surface area contributed by atoms with Crippen molar-refractivity contribution in [1.82, 2.24) is 15.1 Å². The lowest BCUT2D eigenvalue weighted by Gasteiger charge is -2.46. The van der Waals surface area contributed by atoms with E-state index in [1.807, 2.05) is 0 Å². The lowest BCUT2D eigenvalue weighted by molar-refractivity contribution is -0.135. The first-order valence-electron chi connectivity index (χ1n) is 14.7. The molecule has 2 aromatic rings. The number of benzene rings is 2. The minimum atomic E-state index is -4.19. The summed E-state index contributed by atoms with van der Waals surface area (Å²) in [5.41, 5.74) is -0.146. The zero-order chi connectivity index (χ0) is 33.7. The molecule has 2 aromatic carbocycles. The van der Waals surface area contributed by atoms with Gasteiger partial charge in [-0.25, -0.2) is 25.6 Å². The SMILES string of the molecule is [B]C([B])(c1cc(Cl)ccc1NS(=O)(=O)c1ccc(S(C)(=O)=O)cc1)N1CCN(C(=O)CNC(=O)C2CC23CCC(F)(F)CC3)CC1. The summed E-state index contributed by atoms with van der Waals surface area (Å²) < 4.78 is 79.5. The number of halogens is 3. The number of rotatable bonds is 9. The van der Waals surface area contributed by atoms with Crippen molar-refractivity contribution in [2.24, 2.45) is 11.3 Å². The van der Waals surface area contributed by atoms with Crippen LogP contribution in [0.5, 0.6) is 0 Å². The second-order valence-electron chi connectivity index (χ2n) is 12.4. The first-order chi connectivity index (χ1) is 21.3. The minimum absolute atomic E-state index is 0.0352. The van der Waals surface area contributed by atoms with Gasteiger partial charge in [-0.3, -0.25) is 14.3 Å². The van der Waals surface area contributed by atoms with Crippen LogP contribution in [-0.2, 0) is 34.8 Å². The smallest absolute Gasteiger partial charge is 0.261 e. The summed E-state index contributed by atoms with van der Waals surface area (Å²) in [5.74, 6) is -3.62. The van der Waals surface area contributed by atoms with Gasteiger partial charge in [0.25, 0.3) is 10.0 Å². The zero-order valence-corrected chi connectivity index (χ0v) is 27.5. The van der Waals surface area contributed by atoms with Gasteiger partial charge in [0.2, 0.25) is 17.7 Å². The number of piperazine rings is 1. The lowest BCUT2D eigenvalue weighted by Crippen LogP contribution is -2.58. The Morgan fingerprint density at radius 2 is 1.54 bits per heavy atom. The Hall–Kier alpha value is -2.68. The number of hydrogen-bond acceptors (Lipinski definition) is 7. The highest BCUT2D eigenvalue weighted by Crippen LogP contribution is 2.63. The van der Waals surface area contributed by atoms with E-state index >= 15 is 0 Å². The van der Waals surface area contributed by atoms with Gasteiger partial charge in [0.15, 0.2) is 9.84 Å². The van der Waals surface area contributed by atoms with Crippen LogP contribution in [0.4, 0.5) is 14.5 Å². The maximum absolute atomic E-state index is 13.6. The van der Waals surface area contributed by atoms with Gasteiger partial charge >= 0.3 is 0 Å². The molecular formula is C29H33B2ClF2N4O6S2. The fraction of sp³-hybridized carbons (Fsp3) is 0.517. The molecule has 244 valence electrons. The Balaban J connectivity index is 1.19. The summed E-state index contributed by atoms with van der Waals surface area (Å²) in [6.45, 7) is 0.670. The number of nitrogens with zero attached hydrogens (tertiary/aromatic N) is 2. The normalized spacial score (nSPS) is 21.5. The highest BCUT2D eigenvalue weighted by atomic mass is 35.5. The molecule has 0 aromatic heterocycles. The molecule has 5 rings (SSSR count). The Kier molecular flexibility index (Phi) is 9.34. The molecule has 3 fully saturated rings. The predicted molar refractivity (Wildman–Crippen MR) is 170 cm³/mol. The molecule has 17 heteroatoms. The molecule has 0 bridgehead atoms. The maximum Gasteiger partial charge on any atom is 0.261 e. The molecule has 1 aliphatic heterocycles. The number of nitrogens with one attached hydrogen (secondary N) is 2. The van der Waals surface area contributed by atoms with Gasteiger partial charge in [-0.05, 0) is 78.0 Å². The molecule has 4 radical (unpaired) electrons. The largest absolute Gasteiger partial charge is 0.347 e. The number of amides is 2. The molecule has 10 nitrogen and oxygen atoms in total. The number of carbonyl (C=O) groups is 2. The molecule has 2 aliphatic carbocycles. The van der Waals surface area contributed by atoms with Crippen molar-refractivity contribution in [1.29, 1.82) is 0 Å². The molecule has 2 amide bonds. The Labute approximate surface area is 275 Å². The number of anilines is 1. The fourth-order valence-corrected chi connectivity index (χ4v) is 8.17. The molecule has 3 aliphatic rings. The van der Waals surface area contributed by atoms with E-state index in [-0.39, 0.29) is 94.8 Å². The van der Waals surface area contributed by atoms with Gasteiger partial charge in [-0.2, -0.15) is 0 Å². The highest BCUT2D eigenvalue weighted by Gasteiger charge is 2.60. The van der Waals surface area contributed by atoms with Crippen molar-refractivity contribution in [2.75, 3.05) is 43.7 Å². The average molecular weight is 693 g/mol. The van der Waals surface area contributed by atoms with E-state index in [1.165, 1.54) is 42.5 Å². The van der Waals surface area contributed by atoms with E-state index in [9.17, 15) is 35.2 Å². The van der Waals surface area contributed by atoms with Gasteiger partial charge in [0.1, 0.15) is 0 Å². The summed E-state index contributed by atoms with van der Waals surface area (Å²) >= 11 is 6.24. The van der Waals surface area contributed by atoms with Crippen LogP contribution in [0.15, 0.2) is 52.3 Å². The van der Waals surface area contributed by atoms with Crippen LogP contribution in [0.1, 0.15) is 37.7 Å². The number of carbonyl (C=O) groups excluding carboxylic acids is 2. The van der Waals surface area contributed by atoms with Crippen LogP contribution in [0.3, 0.4) is 0 Å². The number of sulfone groups is 1. The predicted octanol–water partition coefficient (Wildman–Crippen LogP) is 2.47. The van der Waals surface area contributed by atoms with E-state index < -0.39 is 31.1 Å². The highest BCUT2D eigenvalue weighted by molar-refractivity contribution is 7.92. The third-order valence-corrected chi connectivity index (χ3v) is 12.0. The van der Waals surface area contributed by atoms with Crippen LogP contribution >= 0.6 is 11.6 Å². The molecule has 1 spiro atoms. The summed E-state index contributed by atoms with van der Waals surface area (Å²) in [6, 6.07) is 9.05. The van der Waals surface area contributed by atoms with Crippen molar-refractivity contribution >= 4 is 64.7 Å². The zero-order valence-electron chi connectivity index (χ0n) is 25.1. The number of hydrogen-bond donors (Lipinski definition) is 2. The number of alkyl halides is 2.